The highest BCUT2D eigenvalue weighted by atomic mass is 32.2. The molecule has 1 atom stereocenters. The summed E-state index contributed by atoms with van der Waals surface area (Å²) in [5.74, 6) is 0. The molecule has 0 aliphatic carbocycles. The highest BCUT2D eigenvalue weighted by Gasteiger charge is 2.00. The number of aromatic nitrogens is 1. The number of pyridine rings is 1. The highest BCUT2D eigenvalue weighted by Crippen LogP contribution is 2.08. The second kappa shape index (κ2) is 6.85. The Labute approximate surface area is 96.9 Å². The molecule has 84 valence electrons. The lowest BCUT2D eigenvalue weighted by molar-refractivity contribution is 0.645. The minimum absolute atomic E-state index is 0.743. The third-order valence-electron chi connectivity index (χ3n) is 2.56. The zero-order valence-electron chi connectivity index (χ0n) is 9.79. The number of rotatable bonds is 6. The van der Waals surface area contributed by atoms with Gasteiger partial charge in [0.25, 0.3) is 0 Å². The van der Waals surface area contributed by atoms with Crippen LogP contribution in [0, 0.1) is 6.92 Å². The van der Waals surface area contributed by atoms with Crippen molar-refractivity contribution in [2.75, 3.05) is 12.8 Å². The third kappa shape index (κ3) is 4.67. The van der Waals surface area contributed by atoms with Gasteiger partial charge in [-0.05, 0) is 37.8 Å². The Hall–Kier alpha value is -0.540. The van der Waals surface area contributed by atoms with Crippen LogP contribution in [0.2, 0.25) is 0 Å². The van der Waals surface area contributed by atoms with E-state index in [9.17, 15) is 0 Å². The number of nitrogens with zero attached hydrogens (tertiary/aromatic N) is 1. The molecule has 1 heterocycles. The number of aryl methyl sites for hydroxylation is 1. The monoisotopic (exact) mass is 224 g/mol. The minimum Gasteiger partial charge on any atom is -0.313 e. The Morgan fingerprint density at radius 1 is 1.53 bits per heavy atom. The second-order valence-corrected chi connectivity index (χ2v) is 5.04. The van der Waals surface area contributed by atoms with Crippen molar-refractivity contribution in [2.45, 2.75) is 32.1 Å². The minimum atomic E-state index is 0.743. The van der Waals surface area contributed by atoms with Gasteiger partial charge in [-0.2, -0.15) is 11.8 Å². The predicted octanol–water partition coefficient (Wildman–Crippen LogP) is 2.62. The Balaban J connectivity index is 2.23. The van der Waals surface area contributed by atoms with Crippen molar-refractivity contribution in [2.24, 2.45) is 0 Å². The van der Waals surface area contributed by atoms with Gasteiger partial charge in [0, 0.05) is 23.7 Å². The second-order valence-electron chi connectivity index (χ2n) is 3.76. The van der Waals surface area contributed by atoms with Crippen LogP contribution in [0.15, 0.2) is 18.3 Å². The van der Waals surface area contributed by atoms with Crippen LogP contribution in [0.4, 0.5) is 0 Å². The summed E-state index contributed by atoms with van der Waals surface area (Å²) >= 11 is 1.92. The SMILES string of the molecule is CSC(C)CCNCc1cccnc1C. The maximum absolute atomic E-state index is 4.27. The molecule has 0 fully saturated rings. The summed E-state index contributed by atoms with van der Waals surface area (Å²) in [4.78, 5) is 4.27. The van der Waals surface area contributed by atoms with Gasteiger partial charge in [0.2, 0.25) is 0 Å². The summed E-state index contributed by atoms with van der Waals surface area (Å²) in [5.41, 5.74) is 2.43. The predicted molar refractivity (Wildman–Crippen MR) is 68.3 cm³/mol. The first-order valence-corrected chi connectivity index (χ1v) is 6.67. The van der Waals surface area contributed by atoms with Crippen LogP contribution in [0.3, 0.4) is 0 Å². The first kappa shape index (κ1) is 12.5. The first-order valence-electron chi connectivity index (χ1n) is 5.38. The number of hydrogen-bond acceptors (Lipinski definition) is 3. The lowest BCUT2D eigenvalue weighted by atomic mass is 10.2. The maximum atomic E-state index is 4.27. The largest absolute Gasteiger partial charge is 0.313 e. The molecule has 1 N–H and O–H groups in total. The molecule has 0 aliphatic heterocycles. The van der Waals surface area contributed by atoms with E-state index in [-0.39, 0.29) is 0 Å². The molecular weight excluding hydrogens is 204 g/mol. The topological polar surface area (TPSA) is 24.9 Å². The van der Waals surface area contributed by atoms with Crippen molar-refractivity contribution in [1.29, 1.82) is 0 Å². The van der Waals surface area contributed by atoms with Crippen molar-refractivity contribution in [1.82, 2.24) is 10.3 Å². The molecular formula is C12H20N2S. The summed E-state index contributed by atoms with van der Waals surface area (Å²) in [6.07, 6.45) is 5.23. The van der Waals surface area contributed by atoms with Gasteiger partial charge in [0.15, 0.2) is 0 Å². The van der Waals surface area contributed by atoms with E-state index in [1.165, 1.54) is 12.0 Å². The van der Waals surface area contributed by atoms with E-state index in [4.69, 9.17) is 0 Å². The first-order chi connectivity index (χ1) is 7.24. The summed E-state index contributed by atoms with van der Waals surface area (Å²) in [6, 6.07) is 4.13. The summed E-state index contributed by atoms with van der Waals surface area (Å²) in [7, 11) is 0. The standard InChI is InChI=1S/C12H20N2S/c1-10(15-3)6-8-13-9-12-5-4-7-14-11(12)2/h4-5,7,10,13H,6,8-9H2,1-3H3. The third-order valence-corrected chi connectivity index (χ3v) is 3.60. The molecule has 1 rings (SSSR count). The zero-order valence-corrected chi connectivity index (χ0v) is 10.6. The van der Waals surface area contributed by atoms with Crippen LogP contribution >= 0.6 is 11.8 Å². The molecule has 0 radical (unpaired) electrons. The molecule has 0 aromatic carbocycles. The van der Waals surface area contributed by atoms with Crippen LogP contribution in [0.5, 0.6) is 0 Å². The summed E-state index contributed by atoms with van der Waals surface area (Å²) < 4.78 is 0. The quantitative estimate of drug-likeness (QED) is 0.752. The van der Waals surface area contributed by atoms with Crippen LogP contribution in [0.1, 0.15) is 24.6 Å². The Morgan fingerprint density at radius 2 is 2.33 bits per heavy atom. The van der Waals surface area contributed by atoms with Crippen LogP contribution in [0.25, 0.3) is 0 Å². The molecule has 0 aliphatic rings. The van der Waals surface area contributed by atoms with E-state index >= 15 is 0 Å². The molecule has 0 amide bonds. The molecule has 0 saturated heterocycles. The Bertz CT molecular complexity index is 289. The van der Waals surface area contributed by atoms with E-state index in [2.05, 4.69) is 36.5 Å². The zero-order chi connectivity index (χ0) is 11.1. The molecule has 1 aromatic heterocycles. The van der Waals surface area contributed by atoms with Crippen LogP contribution in [-0.4, -0.2) is 23.0 Å². The van der Waals surface area contributed by atoms with Gasteiger partial charge in [0.1, 0.15) is 0 Å². The van der Waals surface area contributed by atoms with E-state index in [1.807, 2.05) is 24.0 Å². The summed E-state index contributed by atoms with van der Waals surface area (Å²) in [5, 5.41) is 4.20. The fourth-order valence-electron chi connectivity index (χ4n) is 1.35. The van der Waals surface area contributed by atoms with Crippen LogP contribution in [-0.2, 0) is 6.54 Å². The molecule has 0 bridgehead atoms. The maximum Gasteiger partial charge on any atom is 0.0417 e. The molecule has 2 nitrogen and oxygen atoms in total. The average molecular weight is 224 g/mol. The molecule has 0 saturated carbocycles. The molecule has 3 heteroatoms. The molecule has 1 unspecified atom stereocenters. The summed E-state index contributed by atoms with van der Waals surface area (Å²) in [6.45, 7) is 6.33. The van der Waals surface area contributed by atoms with Gasteiger partial charge in [-0.1, -0.05) is 13.0 Å². The van der Waals surface area contributed by atoms with Crippen molar-refractivity contribution >= 4 is 11.8 Å². The fourth-order valence-corrected chi connectivity index (χ4v) is 1.70. The fraction of sp³-hybridized carbons (Fsp3) is 0.583. The van der Waals surface area contributed by atoms with Gasteiger partial charge in [-0.15, -0.1) is 0 Å². The number of hydrogen-bond donors (Lipinski definition) is 1. The van der Waals surface area contributed by atoms with Gasteiger partial charge >= 0.3 is 0 Å². The average Bonchev–Trinajstić information content (AvgIpc) is 2.26. The lowest BCUT2D eigenvalue weighted by Gasteiger charge is -2.09. The van der Waals surface area contributed by atoms with E-state index in [0.29, 0.717) is 0 Å². The normalized spacial score (nSPS) is 12.7. The molecule has 1 aromatic rings. The van der Waals surface area contributed by atoms with Gasteiger partial charge in [0.05, 0.1) is 0 Å². The smallest absolute Gasteiger partial charge is 0.0417 e. The Kier molecular flexibility index (Phi) is 5.73. The van der Waals surface area contributed by atoms with Crippen molar-refractivity contribution in [3.8, 4) is 0 Å². The van der Waals surface area contributed by atoms with Gasteiger partial charge < -0.3 is 5.32 Å². The van der Waals surface area contributed by atoms with Gasteiger partial charge in [-0.25, -0.2) is 0 Å². The van der Waals surface area contributed by atoms with E-state index < -0.39 is 0 Å². The molecule has 0 spiro atoms. The van der Waals surface area contributed by atoms with E-state index in [0.717, 1.165) is 24.0 Å². The highest BCUT2D eigenvalue weighted by molar-refractivity contribution is 7.99. The lowest BCUT2D eigenvalue weighted by Crippen LogP contribution is -2.18. The van der Waals surface area contributed by atoms with Crippen molar-refractivity contribution < 1.29 is 0 Å². The van der Waals surface area contributed by atoms with Gasteiger partial charge in [-0.3, -0.25) is 4.98 Å². The van der Waals surface area contributed by atoms with Crippen molar-refractivity contribution in [3.63, 3.8) is 0 Å². The van der Waals surface area contributed by atoms with E-state index in [1.54, 1.807) is 0 Å². The molecule has 15 heavy (non-hydrogen) atoms. The number of nitrogens with one attached hydrogen (secondary N) is 1. The Morgan fingerprint density at radius 3 is 3.00 bits per heavy atom. The number of thioether (sulfide) groups is 1. The van der Waals surface area contributed by atoms with Crippen molar-refractivity contribution in [3.05, 3.63) is 29.6 Å². The van der Waals surface area contributed by atoms with Crippen LogP contribution < -0.4 is 5.32 Å².